The van der Waals surface area contributed by atoms with Crippen LogP contribution in [0.4, 0.5) is 0 Å². The highest BCUT2D eigenvalue weighted by Crippen LogP contribution is 2.51. The second-order valence-corrected chi connectivity index (χ2v) is 22.8. The summed E-state index contributed by atoms with van der Waals surface area (Å²) in [6.07, 6.45) is 15.8. The molecule has 0 saturated heterocycles. The van der Waals surface area contributed by atoms with Crippen LogP contribution in [0.3, 0.4) is 0 Å². The van der Waals surface area contributed by atoms with Crippen molar-refractivity contribution in [2.75, 3.05) is 0 Å². The van der Waals surface area contributed by atoms with Crippen LogP contribution in [0.2, 0.25) is 0 Å². The van der Waals surface area contributed by atoms with E-state index in [1.807, 2.05) is 0 Å². The maximum Gasteiger partial charge on any atom is 0.0541 e. The van der Waals surface area contributed by atoms with Crippen LogP contribution >= 0.6 is 0 Å². The molecule has 1 heteroatoms. The van der Waals surface area contributed by atoms with Crippen molar-refractivity contribution < 1.29 is 0 Å². The number of benzene rings is 12. The molecule has 0 N–H and O–H groups in total. The van der Waals surface area contributed by atoms with Gasteiger partial charge in [-0.3, -0.25) is 0 Å². The van der Waals surface area contributed by atoms with E-state index in [4.69, 9.17) is 0 Å². The number of hydrogen-bond acceptors (Lipinski definition) is 0. The molecular formula is C82H59N. The quantitative estimate of drug-likeness (QED) is 0.143. The second kappa shape index (κ2) is 20.3. The summed E-state index contributed by atoms with van der Waals surface area (Å²) in [6.45, 7) is 9.18. The van der Waals surface area contributed by atoms with E-state index in [2.05, 4.69) is 322 Å². The Morgan fingerprint density at radius 2 is 0.771 bits per heavy atom. The van der Waals surface area contributed by atoms with Crippen LogP contribution in [0.15, 0.2) is 309 Å². The van der Waals surface area contributed by atoms with Crippen molar-refractivity contribution in [3.8, 4) is 83.6 Å². The Bertz CT molecular complexity index is 4850. The lowest BCUT2D eigenvalue weighted by molar-refractivity contribution is 0.660. The lowest BCUT2D eigenvalue weighted by atomic mass is 9.81. The summed E-state index contributed by atoms with van der Waals surface area (Å²) in [4.78, 5) is 0. The van der Waals surface area contributed by atoms with Crippen LogP contribution in [0, 0.1) is 0 Å². The van der Waals surface area contributed by atoms with Gasteiger partial charge in [-0.1, -0.05) is 275 Å². The molecule has 0 amide bonds. The maximum atomic E-state index is 4.38. The summed E-state index contributed by atoms with van der Waals surface area (Å²) in [7, 11) is 0. The summed E-state index contributed by atoms with van der Waals surface area (Å²) < 4.78 is 2.49. The molecule has 0 aliphatic heterocycles. The normalized spacial score (nSPS) is 15.4. The van der Waals surface area contributed by atoms with Crippen LogP contribution in [-0.4, -0.2) is 4.57 Å². The fourth-order valence-corrected chi connectivity index (χ4v) is 13.2. The third kappa shape index (κ3) is 8.81. The van der Waals surface area contributed by atoms with E-state index in [1.165, 1.54) is 132 Å². The van der Waals surface area contributed by atoms with Gasteiger partial charge >= 0.3 is 0 Å². The van der Waals surface area contributed by atoms with Gasteiger partial charge in [-0.05, 0) is 176 Å². The minimum atomic E-state index is -0.216. The minimum absolute atomic E-state index is 0.216. The first-order chi connectivity index (χ1) is 40.8. The van der Waals surface area contributed by atoms with E-state index in [0.717, 1.165) is 28.8 Å². The molecule has 1 heterocycles. The SMILES string of the molecule is C=C1/C=C\C=C/C/C=C\C=C/1c1ccc(-c2ccc(-c3ccc4c(c3)c3cc(-c5ccc(-c6ccc(-c7cccc8ccccc78)cc6)cc5)ccc3n4-c3ccc4c(c3)C(C)(C)c3cc(-c5cccc6ccccc56)ccc3-4)cc2)cc1. The first-order valence-electron chi connectivity index (χ1n) is 29.0. The van der Waals surface area contributed by atoms with Crippen molar-refractivity contribution in [1.82, 2.24) is 4.57 Å². The number of rotatable bonds is 8. The zero-order valence-corrected chi connectivity index (χ0v) is 46.7. The second-order valence-electron chi connectivity index (χ2n) is 22.8. The van der Waals surface area contributed by atoms with Crippen molar-refractivity contribution in [2.24, 2.45) is 0 Å². The molecular weight excluding hydrogens is 999 g/mol. The molecule has 1 aromatic heterocycles. The van der Waals surface area contributed by atoms with Gasteiger partial charge in [0, 0.05) is 21.9 Å². The maximum absolute atomic E-state index is 4.38. The van der Waals surface area contributed by atoms with Crippen LogP contribution in [-0.2, 0) is 5.41 Å². The highest BCUT2D eigenvalue weighted by atomic mass is 15.0. The zero-order chi connectivity index (χ0) is 55.6. The largest absolute Gasteiger partial charge is 0.309 e. The molecule has 0 atom stereocenters. The third-order valence-electron chi connectivity index (χ3n) is 17.6. The first kappa shape index (κ1) is 49.7. The van der Waals surface area contributed by atoms with Crippen LogP contribution in [0.5, 0.6) is 0 Å². The summed E-state index contributed by atoms with van der Waals surface area (Å²) in [5, 5.41) is 7.52. The van der Waals surface area contributed by atoms with Gasteiger partial charge < -0.3 is 4.57 Å². The first-order valence-corrected chi connectivity index (χ1v) is 29.0. The molecule has 83 heavy (non-hydrogen) atoms. The number of fused-ring (bicyclic) bond motifs is 8. The summed E-state index contributed by atoms with van der Waals surface area (Å²) in [6, 6.07) is 95.0. The molecule has 13 aromatic rings. The Labute approximate surface area is 486 Å². The van der Waals surface area contributed by atoms with Crippen LogP contribution in [0.25, 0.3) is 132 Å². The molecule has 0 saturated carbocycles. The molecule has 0 unspecified atom stereocenters. The van der Waals surface area contributed by atoms with Crippen molar-refractivity contribution in [2.45, 2.75) is 25.7 Å². The van der Waals surface area contributed by atoms with Gasteiger partial charge in [-0.2, -0.15) is 0 Å². The van der Waals surface area contributed by atoms with Gasteiger partial charge in [-0.15, -0.1) is 0 Å². The molecule has 2 aliphatic rings. The fourth-order valence-electron chi connectivity index (χ4n) is 13.2. The molecule has 0 fully saturated rings. The lowest BCUT2D eigenvalue weighted by Crippen LogP contribution is -2.15. The molecule has 0 radical (unpaired) electrons. The van der Waals surface area contributed by atoms with E-state index in [1.54, 1.807) is 0 Å². The van der Waals surface area contributed by atoms with Gasteiger partial charge in [-0.25, -0.2) is 0 Å². The highest BCUT2D eigenvalue weighted by molar-refractivity contribution is 6.12. The Morgan fingerprint density at radius 1 is 0.337 bits per heavy atom. The van der Waals surface area contributed by atoms with Gasteiger partial charge in [0.2, 0.25) is 0 Å². The Balaban J connectivity index is 0.788. The van der Waals surface area contributed by atoms with E-state index in [0.29, 0.717) is 0 Å². The van der Waals surface area contributed by atoms with E-state index in [9.17, 15) is 0 Å². The van der Waals surface area contributed by atoms with E-state index >= 15 is 0 Å². The highest BCUT2D eigenvalue weighted by Gasteiger charge is 2.36. The van der Waals surface area contributed by atoms with Gasteiger partial charge in [0.15, 0.2) is 0 Å². The minimum Gasteiger partial charge on any atom is -0.309 e. The van der Waals surface area contributed by atoms with Crippen molar-refractivity contribution in [3.05, 3.63) is 326 Å². The van der Waals surface area contributed by atoms with Gasteiger partial charge in [0.05, 0.1) is 11.0 Å². The van der Waals surface area contributed by atoms with Crippen molar-refractivity contribution in [3.63, 3.8) is 0 Å². The smallest absolute Gasteiger partial charge is 0.0541 e. The molecule has 12 aromatic carbocycles. The molecule has 15 rings (SSSR count). The number of aromatic nitrogens is 1. The Morgan fingerprint density at radius 3 is 1.34 bits per heavy atom. The standard InChI is InChI=1S/C82H59N/c1-54-16-8-6-4-5-7-9-21-69(54)63-38-34-57(35-39-63)55-26-30-59(31-27-55)65-43-48-80-76(50-65)77-51-66(60-32-28-56(29-33-60)58-36-40-64(41-37-58)72-24-14-19-61-17-10-12-22-70(61)72)44-49-81(77)83(80)68-45-47-75-74-46-42-67(52-78(74)82(2,3)79(75)53-68)73-25-15-20-62-18-11-13-23-71(62)73/h4,6-53H,1,5H2,2-3H3/b6-4-,9-7-,16-8-,69-21+. The fraction of sp³-hybridized carbons (Fsp3) is 0.0488. The Hall–Kier alpha value is -10.3. The lowest BCUT2D eigenvalue weighted by Gasteiger charge is -2.23. The molecule has 392 valence electrons. The molecule has 0 bridgehead atoms. The summed E-state index contributed by atoms with van der Waals surface area (Å²) in [5.74, 6) is 0. The average Bonchev–Trinajstić information content (AvgIpc) is 3.26. The number of hydrogen-bond donors (Lipinski definition) is 0. The molecule has 0 spiro atoms. The summed E-state index contributed by atoms with van der Waals surface area (Å²) in [5.41, 5.74) is 26.4. The van der Waals surface area contributed by atoms with Crippen LogP contribution < -0.4 is 0 Å². The topological polar surface area (TPSA) is 4.93 Å². The van der Waals surface area contributed by atoms with Crippen molar-refractivity contribution in [1.29, 1.82) is 0 Å². The summed E-state index contributed by atoms with van der Waals surface area (Å²) >= 11 is 0. The number of nitrogens with zero attached hydrogens (tertiary/aromatic N) is 1. The molecule has 1 nitrogen and oxygen atoms in total. The van der Waals surface area contributed by atoms with Gasteiger partial charge in [0.25, 0.3) is 0 Å². The van der Waals surface area contributed by atoms with E-state index in [-0.39, 0.29) is 5.41 Å². The average molecular weight is 1060 g/mol. The van der Waals surface area contributed by atoms with Crippen LogP contribution in [0.1, 0.15) is 37.0 Å². The zero-order valence-electron chi connectivity index (χ0n) is 46.7. The molecule has 2 aliphatic carbocycles. The van der Waals surface area contributed by atoms with E-state index < -0.39 is 0 Å². The van der Waals surface area contributed by atoms with Gasteiger partial charge in [0.1, 0.15) is 0 Å². The number of allylic oxidation sites excluding steroid dienone is 9. The predicted molar refractivity (Wildman–Crippen MR) is 355 cm³/mol. The van der Waals surface area contributed by atoms with Crippen molar-refractivity contribution >= 4 is 48.9 Å². The third-order valence-corrected chi connectivity index (χ3v) is 17.6. The predicted octanol–water partition coefficient (Wildman–Crippen LogP) is 22.4. The Kier molecular flexibility index (Phi) is 12.2. The monoisotopic (exact) mass is 1060 g/mol.